The minimum Gasteiger partial charge on any atom is -0.357 e. The number of nitrogens with zero attached hydrogens (tertiary/aromatic N) is 2. The second kappa shape index (κ2) is 5.62. The first-order valence-corrected chi connectivity index (χ1v) is 6.54. The standard InChI is InChI=1S/C11H8BrF2N3S/c1-15-11-16-5-7(12)10(17-11)18-6-2-3-8(13)9(14)4-6/h2-5H,1H3,(H,15,16,17). The first kappa shape index (κ1) is 13.2. The Balaban J connectivity index is 2.30. The summed E-state index contributed by atoms with van der Waals surface area (Å²) in [7, 11) is 1.70. The molecule has 0 aliphatic heterocycles. The number of rotatable bonds is 3. The molecule has 1 aromatic heterocycles. The van der Waals surface area contributed by atoms with Gasteiger partial charge in [0.05, 0.1) is 4.47 Å². The van der Waals surface area contributed by atoms with E-state index < -0.39 is 11.6 Å². The van der Waals surface area contributed by atoms with E-state index in [9.17, 15) is 8.78 Å². The zero-order chi connectivity index (χ0) is 13.1. The minimum atomic E-state index is -0.876. The zero-order valence-corrected chi connectivity index (χ0v) is 11.6. The zero-order valence-electron chi connectivity index (χ0n) is 9.25. The highest BCUT2D eigenvalue weighted by Crippen LogP contribution is 2.32. The van der Waals surface area contributed by atoms with Gasteiger partial charge in [-0.05, 0) is 34.1 Å². The molecular weight excluding hydrogens is 324 g/mol. The van der Waals surface area contributed by atoms with Crippen LogP contribution >= 0.6 is 27.7 Å². The van der Waals surface area contributed by atoms with Gasteiger partial charge in [0.1, 0.15) is 5.03 Å². The Morgan fingerprint density at radius 1 is 1.28 bits per heavy atom. The fourth-order valence-electron chi connectivity index (χ4n) is 1.20. The molecule has 0 fully saturated rings. The van der Waals surface area contributed by atoms with Crippen molar-refractivity contribution in [3.8, 4) is 0 Å². The Morgan fingerprint density at radius 2 is 2.06 bits per heavy atom. The third-order valence-electron chi connectivity index (χ3n) is 2.04. The van der Waals surface area contributed by atoms with Crippen LogP contribution in [0.1, 0.15) is 0 Å². The summed E-state index contributed by atoms with van der Waals surface area (Å²) in [6.45, 7) is 0. The predicted octanol–water partition coefficient (Wildman–Crippen LogP) is 3.71. The van der Waals surface area contributed by atoms with Crippen LogP contribution in [-0.4, -0.2) is 17.0 Å². The Hall–Kier alpha value is -1.21. The molecule has 7 heteroatoms. The van der Waals surface area contributed by atoms with Crippen molar-refractivity contribution in [3.63, 3.8) is 0 Å². The summed E-state index contributed by atoms with van der Waals surface area (Å²) in [5.41, 5.74) is 0. The molecule has 2 aromatic rings. The van der Waals surface area contributed by atoms with Crippen molar-refractivity contribution in [1.82, 2.24) is 9.97 Å². The summed E-state index contributed by atoms with van der Waals surface area (Å²) in [5, 5.41) is 3.44. The Labute approximate surface area is 115 Å². The van der Waals surface area contributed by atoms with Crippen molar-refractivity contribution < 1.29 is 8.78 Å². The fourth-order valence-corrected chi connectivity index (χ4v) is 2.43. The number of aromatic nitrogens is 2. The number of hydrogen-bond donors (Lipinski definition) is 1. The maximum Gasteiger partial charge on any atom is 0.223 e. The molecule has 1 aromatic carbocycles. The van der Waals surface area contributed by atoms with Gasteiger partial charge in [-0.3, -0.25) is 0 Å². The van der Waals surface area contributed by atoms with E-state index >= 15 is 0 Å². The average Bonchev–Trinajstić information content (AvgIpc) is 2.36. The molecule has 0 spiro atoms. The second-order valence-corrected chi connectivity index (χ2v) is 5.19. The van der Waals surface area contributed by atoms with Crippen molar-refractivity contribution >= 4 is 33.6 Å². The van der Waals surface area contributed by atoms with Gasteiger partial charge in [0.2, 0.25) is 5.95 Å². The topological polar surface area (TPSA) is 37.8 Å². The fraction of sp³-hybridized carbons (Fsp3) is 0.0909. The smallest absolute Gasteiger partial charge is 0.223 e. The van der Waals surface area contributed by atoms with Crippen LogP contribution in [0.4, 0.5) is 14.7 Å². The van der Waals surface area contributed by atoms with Crippen LogP contribution in [0.5, 0.6) is 0 Å². The molecule has 0 radical (unpaired) electrons. The quantitative estimate of drug-likeness (QED) is 0.870. The minimum absolute atomic E-state index is 0.461. The molecular formula is C11H8BrF2N3S. The van der Waals surface area contributed by atoms with Crippen molar-refractivity contribution in [2.45, 2.75) is 9.92 Å². The summed E-state index contributed by atoms with van der Waals surface area (Å²) in [6, 6.07) is 3.72. The van der Waals surface area contributed by atoms with E-state index in [1.54, 1.807) is 13.2 Å². The molecule has 0 amide bonds. The van der Waals surface area contributed by atoms with Gasteiger partial charge >= 0.3 is 0 Å². The van der Waals surface area contributed by atoms with Gasteiger partial charge in [0, 0.05) is 18.1 Å². The number of nitrogens with one attached hydrogen (secondary N) is 1. The van der Waals surface area contributed by atoms with Crippen molar-refractivity contribution in [3.05, 3.63) is 40.5 Å². The molecule has 0 unspecified atom stereocenters. The van der Waals surface area contributed by atoms with Crippen LogP contribution < -0.4 is 5.32 Å². The van der Waals surface area contributed by atoms with Gasteiger partial charge in [-0.1, -0.05) is 11.8 Å². The highest BCUT2D eigenvalue weighted by Gasteiger charge is 2.09. The van der Waals surface area contributed by atoms with Crippen LogP contribution in [0.2, 0.25) is 0 Å². The maximum atomic E-state index is 13.1. The third kappa shape index (κ3) is 2.97. The van der Waals surface area contributed by atoms with E-state index in [2.05, 4.69) is 31.2 Å². The van der Waals surface area contributed by atoms with E-state index in [1.807, 2.05) is 0 Å². The predicted molar refractivity (Wildman–Crippen MR) is 69.8 cm³/mol. The van der Waals surface area contributed by atoms with E-state index in [-0.39, 0.29) is 0 Å². The van der Waals surface area contributed by atoms with Crippen molar-refractivity contribution in [1.29, 1.82) is 0 Å². The summed E-state index contributed by atoms with van der Waals surface area (Å²) in [6.07, 6.45) is 1.60. The first-order chi connectivity index (χ1) is 8.60. The summed E-state index contributed by atoms with van der Waals surface area (Å²) >= 11 is 4.53. The average molecular weight is 332 g/mol. The third-order valence-corrected chi connectivity index (χ3v) is 3.88. The van der Waals surface area contributed by atoms with Gasteiger partial charge in [-0.2, -0.15) is 0 Å². The van der Waals surface area contributed by atoms with Gasteiger partial charge in [-0.25, -0.2) is 18.7 Å². The second-order valence-electron chi connectivity index (χ2n) is 3.27. The van der Waals surface area contributed by atoms with E-state index in [4.69, 9.17) is 0 Å². The van der Waals surface area contributed by atoms with E-state index in [1.165, 1.54) is 17.8 Å². The lowest BCUT2D eigenvalue weighted by molar-refractivity contribution is 0.506. The molecule has 0 aliphatic rings. The van der Waals surface area contributed by atoms with Gasteiger partial charge < -0.3 is 5.32 Å². The molecule has 0 saturated heterocycles. The van der Waals surface area contributed by atoms with Crippen molar-refractivity contribution in [2.24, 2.45) is 0 Å². The normalized spacial score (nSPS) is 10.4. The highest BCUT2D eigenvalue weighted by molar-refractivity contribution is 9.10. The van der Waals surface area contributed by atoms with Crippen LogP contribution in [0, 0.1) is 11.6 Å². The van der Waals surface area contributed by atoms with E-state index in [0.29, 0.717) is 20.3 Å². The number of halogens is 3. The Bertz CT molecular complexity index is 580. The summed E-state index contributed by atoms with van der Waals surface area (Å²) in [4.78, 5) is 8.80. The van der Waals surface area contributed by atoms with E-state index in [0.717, 1.165) is 12.1 Å². The highest BCUT2D eigenvalue weighted by atomic mass is 79.9. The molecule has 18 heavy (non-hydrogen) atoms. The largest absolute Gasteiger partial charge is 0.357 e. The molecule has 1 heterocycles. The summed E-state index contributed by atoms with van der Waals surface area (Å²) < 4.78 is 26.6. The van der Waals surface area contributed by atoms with Crippen LogP contribution in [0.25, 0.3) is 0 Å². The van der Waals surface area contributed by atoms with Gasteiger partial charge in [0.25, 0.3) is 0 Å². The first-order valence-electron chi connectivity index (χ1n) is 4.93. The Kier molecular flexibility index (Phi) is 4.13. The lowest BCUT2D eigenvalue weighted by Gasteiger charge is -2.05. The van der Waals surface area contributed by atoms with Crippen molar-refractivity contribution in [2.75, 3.05) is 12.4 Å². The molecule has 94 valence electrons. The van der Waals surface area contributed by atoms with Crippen LogP contribution in [0.15, 0.2) is 38.8 Å². The van der Waals surface area contributed by atoms with Crippen LogP contribution in [0.3, 0.4) is 0 Å². The molecule has 1 N–H and O–H groups in total. The number of hydrogen-bond acceptors (Lipinski definition) is 4. The lowest BCUT2D eigenvalue weighted by Crippen LogP contribution is -1.97. The molecule has 2 rings (SSSR count). The molecule has 0 saturated carbocycles. The molecule has 3 nitrogen and oxygen atoms in total. The SMILES string of the molecule is CNc1ncc(Br)c(Sc2ccc(F)c(F)c2)n1. The van der Waals surface area contributed by atoms with Gasteiger partial charge in [0.15, 0.2) is 11.6 Å². The van der Waals surface area contributed by atoms with Crippen LogP contribution in [-0.2, 0) is 0 Å². The van der Waals surface area contributed by atoms with Gasteiger partial charge in [-0.15, -0.1) is 0 Å². The molecule has 0 aliphatic carbocycles. The number of benzene rings is 1. The monoisotopic (exact) mass is 331 g/mol. The summed E-state index contributed by atoms with van der Waals surface area (Å²) in [5.74, 6) is -1.28. The maximum absolute atomic E-state index is 13.1. The number of anilines is 1. The molecule has 0 atom stereocenters. The lowest BCUT2D eigenvalue weighted by atomic mass is 10.3. The molecule has 0 bridgehead atoms. The Morgan fingerprint density at radius 3 is 2.72 bits per heavy atom.